The third-order valence-electron chi connectivity index (χ3n) is 3.57. The summed E-state index contributed by atoms with van der Waals surface area (Å²) in [4.78, 5) is 11.6. The van der Waals surface area contributed by atoms with Crippen molar-refractivity contribution in [2.45, 2.75) is 33.7 Å². The van der Waals surface area contributed by atoms with Crippen molar-refractivity contribution in [1.82, 2.24) is 19.3 Å². The number of hydrogen-bond donors (Lipinski definition) is 0. The van der Waals surface area contributed by atoms with E-state index in [4.69, 9.17) is 0 Å². The zero-order chi connectivity index (χ0) is 12.0. The molecular weight excluding hydrogens is 212 g/mol. The van der Waals surface area contributed by atoms with E-state index in [0.717, 1.165) is 37.5 Å². The molecule has 0 amide bonds. The molecule has 0 aromatic carbocycles. The van der Waals surface area contributed by atoms with Crippen molar-refractivity contribution in [2.24, 2.45) is 0 Å². The van der Waals surface area contributed by atoms with Gasteiger partial charge in [-0.05, 0) is 26.5 Å². The molecule has 2 aromatic heterocycles. The Balaban J connectivity index is 2.21. The molecule has 0 aliphatic carbocycles. The van der Waals surface area contributed by atoms with Gasteiger partial charge in [-0.25, -0.2) is 9.97 Å². The second-order valence-corrected chi connectivity index (χ2v) is 4.80. The molecule has 0 bridgehead atoms. The minimum Gasteiger partial charge on any atom is -0.297 e. The maximum Gasteiger partial charge on any atom is 0.234 e. The van der Waals surface area contributed by atoms with Crippen LogP contribution in [0.3, 0.4) is 0 Å². The molecule has 0 saturated carbocycles. The number of imidazole rings is 1. The lowest BCUT2D eigenvalue weighted by atomic mass is 10.1. The van der Waals surface area contributed by atoms with Gasteiger partial charge in [0.15, 0.2) is 0 Å². The minimum absolute atomic E-state index is 0.866. The van der Waals surface area contributed by atoms with Crippen LogP contribution in [0.1, 0.15) is 29.7 Å². The smallest absolute Gasteiger partial charge is 0.234 e. The lowest BCUT2D eigenvalue weighted by Gasteiger charge is -2.25. The van der Waals surface area contributed by atoms with Gasteiger partial charge in [-0.1, -0.05) is 6.92 Å². The molecule has 17 heavy (non-hydrogen) atoms. The highest BCUT2D eigenvalue weighted by Gasteiger charge is 2.21. The number of nitrogens with zero attached hydrogens (tertiary/aromatic N) is 4. The average molecular weight is 230 g/mol. The van der Waals surface area contributed by atoms with E-state index in [9.17, 15) is 0 Å². The highest BCUT2D eigenvalue weighted by atomic mass is 15.2. The van der Waals surface area contributed by atoms with Gasteiger partial charge in [0.2, 0.25) is 5.78 Å². The van der Waals surface area contributed by atoms with Gasteiger partial charge in [0.05, 0.1) is 11.4 Å². The molecule has 0 saturated heterocycles. The molecule has 3 rings (SSSR count). The number of aryl methyl sites for hydroxylation is 2. The van der Waals surface area contributed by atoms with E-state index < -0.39 is 0 Å². The molecule has 1 aliphatic heterocycles. The molecule has 0 N–H and O–H groups in total. The molecule has 0 spiro atoms. The van der Waals surface area contributed by atoms with Crippen LogP contribution in [0, 0.1) is 13.8 Å². The zero-order valence-corrected chi connectivity index (χ0v) is 10.7. The Morgan fingerprint density at radius 2 is 2.12 bits per heavy atom. The number of likely N-dealkylation sites (N-methyl/N-ethyl adjacent to an activating group) is 1. The molecule has 0 unspecified atom stereocenters. The minimum atomic E-state index is 0.866. The van der Waals surface area contributed by atoms with Crippen molar-refractivity contribution in [2.75, 3.05) is 13.1 Å². The fourth-order valence-electron chi connectivity index (χ4n) is 2.67. The van der Waals surface area contributed by atoms with E-state index in [2.05, 4.69) is 39.2 Å². The van der Waals surface area contributed by atoms with Gasteiger partial charge in [-0.2, -0.15) is 0 Å². The van der Waals surface area contributed by atoms with Crippen molar-refractivity contribution in [3.05, 3.63) is 28.8 Å². The third kappa shape index (κ3) is 1.63. The van der Waals surface area contributed by atoms with E-state index in [1.165, 1.54) is 17.1 Å². The first-order valence-corrected chi connectivity index (χ1v) is 6.26. The highest BCUT2D eigenvalue weighted by molar-refractivity contribution is 5.40. The van der Waals surface area contributed by atoms with Crippen LogP contribution >= 0.6 is 0 Å². The third-order valence-corrected chi connectivity index (χ3v) is 3.57. The SMILES string of the molecule is CCN1CCc2nc3nc(C)cc(C)n3c2C1. The number of rotatable bonds is 1. The van der Waals surface area contributed by atoms with E-state index >= 15 is 0 Å². The second-order valence-electron chi connectivity index (χ2n) is 4.80. The van der Waals surface area contributed by atoms with Gasteiger partial charge in [-0.15, -0.1) is 0 Å². The van der Waals surface area contributed by atoms with Crippen molar-refractivity contribution in [1.29, 1.82) is 0 Å². The summed E-state index contributed by atoms with van der Waals surface area (Å²) in [5, 5.41) is 0. The summed E-state index contributed by atoms with van der Waals surface area (Å²) in [6.45, 7) is 9.59. The normalized spacial score (nSPS) is 16.4. The van der Waals surface area contributed by atoms with Crippen LogP contribution in [-0.4, -0.2) is 32.4 Å². The number of aromatic nitrogens is 3. The topological polar surface area (TPSA) is 33.4 Å². The molecule has 0 atom stereocenters. The number of fused-ring (bicyclic) bond motifs is 3. The lowest BCUT2D eigenvalue weighted by Crippen LogP contribution is -2.30. The van der Waals surface area contributed by atoms with E-state index in [1.54, 1.807) is 0 Å². The summed E-state index contributed by atoms with van der Waals surface area (Å²) in [6.07, 6.45) is 1.05. The first-order valence-electron chi connectivity index (χ1n) is 6.26. The largest absolute Gasteiger partial charge is 0.297 e. The van der Waals surface area contributed by atoms with E-state index in [-0.39, 0.29) is 0 Å². The highest BCUT2D eigenvalue weighted by Crippen LogP contribution is 2.21. The summed E-state index contributed by atoms with van der Waals surface area (Å²) >= 11 is 0. The molecule has 4 nitrogen and oxygen atoms in total. The van der Waals surface area contributed by atoms with Crippen LogP contribution in [-0.2, 0) is 13.0 Å². The Morgan fingerprint density at radius 3 is 2.88 bits per heavy atom. The average Bonchev–Trinajstić information content (AvgIpc) is 2.65. The quantitative estimate of drug-likeness (QED) is 0.748. The Labute approximate surface area is 101 Å². The summed E-state index contributed by atoms with van der Waals surface area (Å²) in [7, 11) is 0. The molecule has 90 valence electrons. The molecule has 2 aromatic rings. The van der Waals surface area contributed by atoms with Crippen molar-refractivity contribution in [3.8, 4) is 0 Å². The fraction of sp³-hybridized carbons (Fsp3) is 0.538. The standard InChI is InChI=1S/C13H18N4/c1-4-16-6-5-11-12(8-16)17-10(3)7-9(2)14-13(17)15-11/h7H,4-6,8H2,1-3H3. The monoisotopic (exact) mass is 230 g/mol. The summed E-state index contributed by atoms with van der Waals surface area (Å²) in [6, 6.07) is 2.12. The Morgan fingerprint density at radius 1 is 1.29 bits per heavy atom. The predicted molar refractivity (Wildman–Crippen MR) is 67.1 cm³/mol. The van der Waals surface area contributed by atoms with Crippen LogP contribution in [0.25, 0.3) is 5.78 Å². The molecular formula is C13H18N4. The zero-order valence-electron chi connectivity index (χ0n) is 10.7. The first kappa shape index (κ1) is 10.7. The van der Waals surface area contributed by atoms with Crippen LogP contribution < -0.4 is 0 Å². The molecule has 1 aliphatic rings. The van der Waals surface area contributed by atoms with Gasteiger partial charge in [0.25, 0.3) is 0 Å². The molecule has 3 heterocycles. The van der Waals surface area contributed by atoms with E-state index in [0.29, 0.717) is 0 Å². The molecule has 0 fully saturated rings. The lowest BCUT2D eigenvalue weighted by molar-refractivity contribution is 0.262. The van der Waals surface area contributed by atoms with Crippen LogP contribution in [0.4, 0.5) is 0 Å². The maximum absolute atomic E-state index is 4.67. The summed E-state index contributed by atoms with van der Waals surface area (Å²) in [5.41, 5.74) is 4.85. The van der Waals surface area contributed by atoms with Gasteiger partial charge in [0.1, 0.15) is 0 Å². The number of hydrogen-bond acceptors (Lipinski definition) is 3. The Hall–Kier alpha value is -1.42. The summed E-state index contributed by atoms with van der Waals surface area (Å²) < 4.78 is 2.21. The maximum atomic E-state index is 4.67. The van der Waals surface area contributed by atoms with Crippen LogP contribution in [0.2, 0.25) is 0 Å². The first-order chi connectivity index (χ1) is 8.19. The van der Waals surface area contributed by atoms with Gasteiger partial charge in [-0.3, -0.25) is 9.30 Å². The van der Waals surface area contributed by atoms with Gasteiger partial charge < -0.3 is 0 Å². The van der Waals surface area contributed by atoms with Crippen LogP contribution in [0.15, 0.2) is 6.07 Å². The summed E-state index contributed by atoms with van der Waals surface area (Å²) in [5.74, 6) is 0.866. The van der Waals surface area contributed by atoms with Crippen molar-refractivity contribution in [3.63, 3.8) is 0 Å². The predicted octanol–water partition coefficient (Wildman–Crippen LogP) is 1.72. The van der Waals surface area contributed by atoms with Crippen molar-refractivity contribution >= 4 is 5.78 Å². The van der Waals surface area contributed by atoms with E-state index in [1.807, 2.05) is 6.92 Å². The van der Waals surface area contributed by atoms with Gasteiger partial charge >= 0.3 is 0 Å². The van der Waals surface area contributed by atoms with Gasteiger partial charge in [0, 0.05) is 30.9 Å². The second kappa shape index (κ2) is 3.81. The Bertz CT molecular complexity index is 570. The fourth-order valence-corrected chi connectivity index (χ4v) is 2.67. The molecule has 0 radical (unpaired) electrons. The van der Waals surface area contributed by atoms with Crippen LogP contribution in [0.5, 0.6) is 0 Å². The molecule has 4 heteroatoms. The van der Waals surface area contributed by atoms with Crippen molar-refractivity contribution < 1.29 is 0 Å². The Kier molecular flexibility index (Phi) is 2.40.